The molecule has 2 unspecified atom stereocenters. The van der Waals surface area contributed by atoms with Crippen molar-refractivity contribution in [1.29, 1.82) is 0 Å². The monoisotopic (exact) mass is 252 g/mol. The lowest BCUT2D eigenvalue weighted by Gasteiger charge is -2.33. The van der Waals surface area contributed by atoms with E-state index in [4.69, 9.17) is 0 Å². The highest BCUT2D eigenvalue weighted by atomic mass is 14.9. The van der Waals surface area contributed by atoms with Crippen LogP contribution in [-0.2, 0) is 6.42 Å². The highest BCUT2D eigenvalue weighted by Gasteiger charge is 2.28. The summed E-state index contributed by atoms with van der Waals surface area (Å²) in [6.45, 7) is 3.16. The molecule has 2 atom stereocenters. The van der Waals surface area contributed by atoms with E-state index in [1.807, 2.05) is 18.5 Å². The second-order valence-corrected chi connectivity index (χ2v) is 5.23. The summed E-state index contributed by atoms with van der Waals surface area (Å²) < 4.78 is 0. The van der Waals surface area contributed by atoms with Crippen molar-refractivity contribution >= 4 is 0 Å². The van der Waals surface area contributed by atoms with E-state index in [1.165, 1.54) is 23.1 Å². The van der Waals surface area contributed by atoms with Crippen LogP contribution < -0.4 is 5.32 Å². The van der Waals surface area contributed by atoms with E-state index >= 15 is 0 Å². The summed E-state index contributed by atoms with van der Waals surface area (Å²) in [5, 5.41) is 3.59. The van der Waals surface area contributed by atoms with E-state index in [1.54, 1.807) is 0 Å². The Bertz CT molecular complexity index is 536. The number of nitrogens with one attached hydrogen (secondary N) is 1. The van der Waals surface area contributed by atoms with Gasteiger partial charge >= 0.3 is 0 Å². The van der Waals surface area contributed by atoms with Crippen molar-refractivity contribution in [2.24, 2.45) is 0 Å². The van der Waals surface area contributed by atoms with Crippen LogP contribution in [0, 0.1) is 0 Å². The van der Waals surface area contributed by atoms with E-state index < -0.39 is 0 Å². The molecule has 0 radical (unpaired) electrons. The number of rotatable bonds is 5. The van der Waals surface area contributed by atoms with E-state index in [0.717, 1.165) is 13.0 Å². The number of aromatic nitrogens is 1. The quantitative estimate of drug-likeness (QED) is 0.881. The maximum absolute atomic E-state index is 4.24. The van der Waals surface area contributed by atoms with E-state index in [2.05, 4.69) is 47.6 Å². The van der Waals surface area contributed by atoms with Crippen molar-refractivity contribution < 1.29 is 0 Å². The first kappa shape index (κ1) is 12.4. The largest absolute Gasteiger partial charge is 0.310 e. The van der Waals surface area contributed by atoms with Gasteiger partial charge in [0.05, 0.1) is 0 Å². The molecule has 1 aromatic carbocycles. The van der Waals surface area contributed by atoms with Crippen LogP contribution in [0.3, 0.4) is 0 Å². The standard InChI is InChI=1S/C17H20N2/c1-2-19-17(14-7-5-9-18-12-14)11-15-10-13-6-3-4-8-16(13)15/h3-9,12,15,17,19H,2,10-11H2,1H3. The Hall–Kier alpha value is -1.67. The van der Waals surface area contributed by atoms with Crippen LogP contribution in [-0.4, -0.2) is 11.5 Å². The van der Waals surface area contributed by atoms with Gasteiger partial charge in [0.1, 0.15) is 0 Å². The number of fused-ring (bicyclic) bond motifs is 1. The highest BCUT2D eigenvalue weighted by Crippen LogP contribution is 2.40. The SMILES string of the molecule is CCNC(CC1Cc2ccccc21)c1cccnc1. The highest BCUT2D eigenvalue weighted by molar-refractivity contribution is 5.40. The molecule has 1 aromatic heterocycles. The molecule has 2 nitrogen and oxygen atoms in total. The molecule has 0 spiro atoms. The second kappa shape index (κ2) is 5.54. The van der Waals surface area contributed by atoms with Gasteiger partial charge < -0.3 is 5.32 Å². The average molecular weight is 252 g/mol. The van der Waals surface area contributed by atoms with Gasteiger partial charge in [0.15, 0.2) is 0 Å². The molecule has 98 valence electrons. The normalized spacial score (nSPS) is 18.5. The Kier molecular flexibility index (Phi) is 3.60. The minimum absolute atomic E-state index is 0.414. The molecular weight excluding hydrogens is 232 g/mol. The van der Waals surface area contributed by atoms with Gasteiger partial charge in [-0.1, -0.05) is 37.3 Å². The molecule has 0 bridgehead atoms. The molecule has 1 N–H and O–H groups in total. The summed E-state index contributed by atoms with van der Waals surface area (Å²) in [6, 6.07) is 13.4. The molecule has 1 aliphatic carbocycles. The van der Waals surface area contributed by atoms with Crippen LogP contribution in [0.2, 0.25) is 0 Å². The molecular formula is C17H20N2. The maximum atomic E-state index is 4.24. The third kappa shape index (κ3) is 2.54. The number of hydrogen-bond donors (Lipinski definition) is 1. The molecule has 0 amide bonds. The predicted octanol–water partition coefficient (Wildman–Crippen LogP) is 3.46. The molecule has 0 aliphatic heterocycles. The van der Waals surface area contributed by atoms with Crippen LogP contribution in [0.25, 0.3) is 0 Å². The average Bonchev–Trinajstić information content (AvgIpc) is 2.44. The first-order chi connectivity index (χ1) is 9.38. The first-order valence-electron chi connectivity index (χ1n) is 7.09. The zero-order valence-corrected chi connectivity index (χ0v) is 11.3. The van der Waals surface area contributed by atoms with Crippen LogP contribution in [0.4, 0.5) is 0 Å². The Balaban J connectivity index is 1.74. The van der Waals surface area contributed by atoms with Gasteiger partial charge in [0.25, 0.3) is 0 Å². The van der Waals surface area contributed by atoms with Gasteiger partial charge in [-0.25, -0.2) is 0 Å². The third-order valence-corrected chi connectivity index (χ3v) is 4.02. The summed E-state index contributed by atoms with van der Waals surface area (Å²) in [4.78, 5) is 4.24. The summed E-state index contributed by atoms with van der Waals surface area (Å²) in [7, 11) is 0. The van der Waals surface area contributed by atoms with Gasteiger partial charge in [-0.3, -0.25) is 4.98 Å². The third-order valence-electron chi connectivity index (χ3n) is 4.02. The molecule has 2 heteroatoms. The van der Waals surface area contributed by atoms with Crippen molar-refractivity contribution in [2.75, 3.05) is 6.54 Å². The molecule has 1 heterocycles. The van der Waals surface area contributed by atoms with E-state index in [-0.39, 0.29) is 0 Å². The van der Waals surface area contributed by atoms with Crippen molar-refractivity contribution in [2.45, 2.75) is 31.7 Å². The molecule has 1 aliphatic rings. The molecule has 0 fully saturated rings. The Labute approximate surface area is 114 Å². The van der Waals surface area contributed by atoms with Crippen LogP contribution in [0.5, 0.6) is 0 Å². The van der Waals surface area contributed by atoms with Crippen LogP contribution in [0.1, 0.15) is 42.0 Å². The smallest absolute Gasteiger partial charge is 0.0341 e. The van der Waals surface area contributed by atoms with Crippen molar-refractivity contribution in [3.8, 4) is 0 Å². The number of hydrogen-bond acceptors (Lipinski definition) is 2. The topological polar surface area (TPSA) is 24.9 Å². The lowest BCUT2D eigenvalue weighted by Crippen LogP contribution is -2.27. The van der Waals surface area contributed by atoms with Crippen molar-refractivity contribution in [3.05, 3.63) is 65.5 Å². The van der Waals surface area contributed by atoms with E-state index in [9.17, 15) is 0 Å². The summed E-state index contributed by atoms with van der Waals surface area (Å²) >= 11 is 0. The van der Waals surface area contributed by atoms with Gasteiger partial charge in [-0.05, 0) is 48.1 Å². The molecule has 19 heavy (non-hydrogen) atoms. The Morgan fingerprint density at radius 3 is 2.89 bits per heavy atom. The summed E-state index contributed by atoms with van der Waals surface area (Å²) in [5.74, 6) is 0.695. The minimum atomic E-state index is 0.414. The zero-order valence-electron chi connectivity index (χ0n) is 11.3. The zero-order chi connectivity index (χ0) is 13.1. The second-order valence-electron chi connectivity index (χ2n) is 5.23. The van der Waals surface area contributed by atoms with Gasteiger partial charge in [0.2, 0.25) is 0 Å². The van der Waals surface area contributed by atoms with Crippen LogP contribution in [0.15, 0.2) is 48.8 Å². The Morgan fingerprint density at radius 2 is 2.16 bits per heavy atom. The summed E-state index contributed by atoms with van der Waals surface area (Å²) in [5.41, 5.74) is 4.36. The molecule has 0 saturated heterocycles. The number of benzene rings is 1. The van der Waals surface area contributed by atoms with Crippen molar-refractivity contribution in [3.63, 3.8) is 0 Å². The van der Waals surface area contributed by atoms with Crippen molar-refractivity contribution in [1.82, 2.24) is 10.3 Å². The number of pyridine rings is 1. The Morgan fingerprint density at radius 1 is 1.26 bits per heavy atom. The molecule has 2 aromatic rings. The number of nitrogens with zero attached hydrogens (tertiary/aromatic N) is 1. The molecule has 3 rings (SSSR count). The fraction of sp³-hybridized carbons (Fsp3) is 0.353. The van der Waals surface area contributed by atoms with Gasteiger partial charge in [-0.15, -0.1) is 0 Å². The van der Waals surface area contributed by atoms with Gasteiger partial charge in [-0.2, -0.15) is 0 Å². The summed E-state index contributed by atoms with van der Waals surface area (Å²) in [6.07, 6.45) is 6.21. The van der Waals surface area contributed by atoms with Crippen LogP contribution >= 0.6 is 0 Å². The molecule has 0 saturated carbocycles. The maximum Gasteiger partial charge on any atom is 0.0341 e. The predicted molar refractivity (Wildman–Crippen MR) is 78.2 cm³/mol. The first-order valence-corrected chi connectivity index (χ1v) is 7.09. The lowest BCUT2D eigenvalue weighted by atomic mass is 9.74. The fourth-order valence-electron chi connectivity index (χ4n) is 3.02. The lowest BCUT2D eigenvalue weighted by molar-refractivity contribution is 0.435. The van der Waals surface area contributed by atoms with E-state index in [0.29, 0.717) is 12.0 Å². The fourth-order valence-corrected chi connectivity index (χ4v) is 3.02. The van der Waals surface area contributed by atoms with Gasteiger partial charge in [0, 0.05) is 18.4 Å². The minimum Gasteiger partial charge on any atom is -0.310 e.